The molecule has 0 spiro atoms. The molecule has 0 aliphatic carbocycles. The molecule has 3 rings (SSSR count). The third-order valence-corrected chi connectivity index (χ3v) is 3.97. The number of thioether (sulfide) groups is 1. The topological polar surface area (TPSA) is 73.9 Å². The minimum atomic E-state index is 0.0161. The molecule has 6 nitrogen and oxygen atoms in total. The van der Waals surface area contributed by atoms with Crippen LogP contribution in [0.1, 0.15) is 18.1 Å². The smallest absolute Gasteiger partial charge is 0.240 e. The lowest BCUT2D eigenvalue weighted by Crippen LogP contribution is -1.91. The van der Waals surface area contributed by atoms with E-state index in [4.69, 9.17) is 9.26 Å². The Morgan fingerprint density at radius 2 is 2.09 bits per heavy atom. The molecule has 3 heterocycles. The molecular weight excluding hydrogens is 300 g/mol. The van der Waals surface area contributed by atoms with Gasteiger partial charge in [-0.3, -0.25) is 0 Å². The lowest BCUT2D eigenvalue weighted by molar-refractivity contribution is 0.380. The second kappa shape index (κ2) is 6.57. The Hall–Kier alpha value is -2.41. The SMILES string of the molecule is COc1ccc(-c2noc([C@H](C)Sc3ccccn3)n2)cn1. The lowest BCUT2D eigenvalue weighted by atomic mass is 10.3. The van der Waals surface area contributed by atoms with Gasteiger partial charge >= 0.3 is 0 Å². The predicted octanol–water partition coefficient (Wildman–Crippen LogP) is 3.39. The molecule has 3 aromatic heterocycles. The van der Waals surface area contributed by atoms with E-state index in [1.54, 1.807) is 37.3 Å². The first-order chi connectivity index (χ1) is 10.8. The Labute approximate surface area is 132 Å². The first-order valence-electron chi connectivity index (χ1n) is 6.68. The highest BCUT2D eigenvalue weighted by molar-refractivity contribution is 7.99. The Morgan fingerprint density at radius 1 is 1.18 bits per heavy atom. The molecule has 7 heteroatoms. The van der Waals surface area contributed by atoms with Gasteiger partial charge in [0.15, 0.2) is 0 Å². The predicted molar refractivity (Wildman–Crippen MR) is 82.6 cm³/mol. The Kier molecular flexibility index (Phi) is 4.34. The maximum absolute atomic E-state index is 5.34. The summed E-state index contributed by atoms with van der Waals surface area (Å²) >= 11 is 1.57. The fourth-order valence-corrected chi connectivity index (χ4v) is 2.64. The Morgan fingerprint density at radius 3 is 2.77 bits per heavy atom. The number of pyridine rings is 2. The monoisotopic (exact) mass is 314 g/mol. The molecule has 0 N–H and O–H groups in total. The first-order valence-corrected chi connectivity index (χ1v) is 7.56. The number of ether oxygens (including phenoxy) is 1. The van der Waals surface area contributed by atoms with E-state index in [9.17, 15) is 0 Å². The summed E-state index contributed by atoms with van der Waals surface area (Å²) in [4.78, 5) is 12.8. The summed E-state index contributed by atoms with van der Waals surface area (Å²) < 4.78 is 10.4. The van der Waals surface area contributed by atoms with E-state index in [1.807, 2.05) is 31.2 Å². The van der Waals surface area contributed by atoms with Crippen molar-refractivity contribution >= 4 is 11.8 Å². The zero-order valence-corrected chi connectivity index (χ0v) is 12.9. The molecule has 0 bridgehead atoms. The van der Waals surface area contributed by atoms with E-state index in [-0.39, 0.29) is 5.25 Å². The summed E-state index contributed by atoms with van der Waals surface area (Å²) in [5, 5.41) is 4.94. The number of hydrogen-bond acceptors (Lipinski definition) is 7. The summed E-state index contributed by atoms with van der Waals surface area (Å²) in [6.45, 7) is 2.00. The molecule has 0 fully saturated rings. The van der Waals surface area contributed by atoms with E-state index in [2.05, 4.69) is 20.1 Å². The van der Waals surface area contributed by atoms with Crippen LogP contribution in [0.2, 0.25) is 0 Å². The van der Waals surface area contributed by atoms with Crippen molar-refractivity contribution in [3.63, 3.8) is 0 Å². The van der Waals surface area contributed by atoms with Crippen LogP contribution in [0.4, 0.5) is 0 Å². The third-order valence-electron chi connectivity index (χ3n) is 2.93. The molecule has 0 saturated heterocycles. The van der Waals surface area contributed by atoms with Crippen LogP contribution in [0.25, 0.3) is 11.4 Å². The summed E-state index contributed by atoms with van der Waals surface area (Å²) in [5.74, 6) is 1.62. The van der Waals surface area contributed by atoms with Crippen molar-refractivity contribution in [2.75, 3.05) is 7.11 Å². The molecule has 0 aromatic carbocycles. The van der Waals surface area contributed by atoms with Crippen LogP contribution in [-0.4, -0.2) is 27.2 Å². The van der Waals surface area contributed by atoms with Gasteiger partial charge in [0.2, 0.25) is 17.6 Å². The van der Waals surface area contributed by atoms with Crippen molar-refractivity contribution in [3.8, 4) is 17.3 Å². The van der Waals surface area contributed by atoms with Gasteiger partial charge in [-0.15, -0.1) is 0 Å². The van der Waals surface area contributed by atoms with Crippen LogP contribution in [0.3, 0.4) is 0 Å². The van der Waals surface area contributed by atoms with Crippen molar-refractivity contribution in [2.24, 2.45) is 0 Å². The largest absolute Gasteiger partial charge is 0.481 e. The van der Waals surface area contributed by atoms with Crippen LogP contribution in [-0.2, 0) is 0 Å². The van der Waals surface area contributed by atoms with E-state index < -0.39 is 0 Å². The average molecular weight is 314 g/mol. The Balaban J connectivity index is 1.75. The van der Waals surface area contributed by atoms with Gasteiger partial charge in [0.1, 0.15) is 0 Å². The fraction of sp³-hybridized carbons (Fsp3) is 0.200. The van der Waals surface area contributed by atoms with Crippen molar-refractivity contribution in [3.05, 3.63) is 48.6 Å². The third kappa shape index (κ3) is 3.25. The van der Waals surface area contributed by atoms with E-state index in [0.29, 0.717) is 17.6 Å². The highest BCUT2D eigenvalue weighted by Gasteiger charge is 2.17. The number of nitrogens with zero attached hydrogens (tertiary/aromatic N) is 4. The molecular formula is C15H14N4O2S. The van der Waals surface area contributed by atoms with Gasteiger partial charge in [-0.1, -0.05) is 23.0 Å². The molecule has 0 unspecified atom stereocenters. The number of rotatable bonds is 5. The highest BCUT2D eigenvalue weighted by Crippen LogP contribution is 2.33. The van der Waals surface area contributed by atoms with Crippen molar-refractivity contribution in [1.82, 2.24) is 20.1 Å². The summed E-state index contributed by atoms with van der Waals surface area (Å²) in [6.07, 6.45) is 3.42. The quantitative estimate of drug-likeness (QED) is 0.668. The molecule has 0 aliphatic heterocycles. The van der Waals surface area contributed by atoms with Crippen LogP contribution in [0.5, 0.6) is 5.88 Å². The minimum absolute atomic E-state index is 0.0161. The van der Waals surface area contributed by atoms with Crippen molar-refractivity contribution < 1.29 is 9.26 Å². The zero-order valence-electron chi connectivity index (χ0n) is 12.1. The van der Waals surface area contributed by atoms with Crippen molar-refractivity contribution in [1.29, 1.82) is 0 Å². The summed E-state index contributed by atoms with van der Waals surface area (Å²) in [7, 11) is 1.57. The van der Waals surface area contributed by atoms with Crippen LogP contribution in [0, 0.1) is 0 Å². The van der Waals surface area contributed by atoms with Gasteiger partial charge < -0.3 is 9.26 Å². The average Bonchev–Trinajstić information content (AvgIpc) is 3.06. The maximum Gasteiger partial charge on any atom is 0.240 e. The molecule has 0 radical (unpaired) electrons. The standard InChI is InChI=1S/C15H14N4O2S/c1-10(22-13-5-3-4-8-16-13)15-18-14(19-21-15)11-6-7-12(20-2)17-9-11/h3-10H,1-2H3/t10-/m0/s1. The maximum atomic E-state index is 5.34. The van der Waals surface area contributed by atoms with Gasteiger partial charge in [-0.05, 0) is 25.1 Å². The first kappa shape index (κ1) is 14.5. The number of methoxy groups -OCH3 is 1. The van der Waals surface area contributed by atoms with E-state index in [0.717, 1.165) is 10.6 Å². The van der Waals surface area contributed by atoms with Gasteiger partial charge in [0.05, 0.1) is 17.4 Å². The second-order valence-corrected chi connectivity index (χ2v) is 5.83. The van der Waals surface area contributed by atoms with Gasteiger partial charge in [-0.2, -0.15) is 4.98 Å². The van der Waals surface area contributed by atoms with Gasteiger partial charge in [0.25, 0.3) is 0 Å². The Bertz CT molecular complexity index is 731. The van der Waals surface area contributed by atoms with Gasteiger partial charge in [-0.25, -0.2) is 9.97 Å². The number of hydrogen-bond donors (Lipinski definition) is 0. The summed E-state index contributed by atoms with van der Waals surface area (Å²) in [5.41, 5.74) is 0.783. The molecule has 3 aromatic rings. The molecule has 22 heavy (non-hydrogen) atoms. The highest BCUT2D eigenvalue weighted by atomic mass is 32.2. The van der Waals surface area contributed by atoms with E-state index in [1.165, 1.54) is 0 Å². The second-order valence-electron chi connectivity index (χ2n) is 4.47. The summed E-state index contributed by atoms with van der Waals surface area (Å²) in [6, 6.07) is 9.39. The molecule has 0 saturated carbocycles. The molecule has 0 aliphatic rings. The van der Waals surface area contributed by atoms with Crippen molar-refractivity contribution in [2.45, 2.75) is 17.2 Å². The molecule has 0 amide bonds. The lowest BCUT2D eigenvalue weighted by Gasteiger charge is -2.04. The fourth-order valence-electron chi connectivity index (χ4n) is 1.80. The molecule has 112 valence electrons. The van der Waals surface area contributed by atoms with Crippen LogP contribution in [0.15, 0.2) is 52.3 Å². The van der Waals surface area contributed by atoms with Crippen LogP contribution < -0.4 is 4.74 Å². The number of aromatic nitrogens is 4. The minimum Gasteiger partial charge on any atom is -0.481 e. The van der Waals surface area contributed by atoms with Gasteiger partial charge in [0, 0.05) is 24.0 Å². The molecule has 1 atom stereocenters. The normalized spacial score (nSPS) is 12.1. The van der Waals surface area contributed by atoms with Crippen LogP contribution >= 0.6 is 11.8 Å². The van der Waals surface area contributed by atoms with E-state index >= 15 is 0 Å². The zero-order chi connectivity index (χ0) is 15.4.